The first kappa shape index (κ1) is 17.3. The molecule has 20 heavy (non-hydrogen) atoms. The van der Waals surface area contributed by atoms with Crippen molar-refractivity contribution >= 4 is 10.8 Å². The Hall–Kier alpha value is -0.710. The Balaban J connectivity index is 2.66. The summed E-state index contributed by atoms with van der Waals surface area (Å²) in [5.41, 5.74) is 2.59. The maximum Gasteiger partial charge on any atom is 0.0577 e. The van der Waals surface area contributed by atoms with Crippen molar-refractivity contribution in [3.05, 3.63) is 35.4 Å². The molecule has 1 N–H and O–H groups in total. The summed E-state index contributed by atoms with van der Waals surface area (Å²) in [7, 11) is 0.796. The summed E-state index contributed by atoms with van der Waals surface area (Å²) in [5, 5.41) is 3.42. The third-order valence-electron chi connectivity index (χ3n) is 3.24. The van der Waals surface area contributed by atoms with Crippen LogP contribution in [0.1, 0.15) is 37.4 Å². The lowest BCUT2D eigenvalue weighted by Gasteiger charge is -2.18. The van der Waals surface area contributed by atoms with Crippen molar-refractivity contribution in [3.8, 4) is 0 Å². The van der Waals surface area contributed by atoms with E-state index in [1.54, 1.807) is 7.11 Å². The molecule has 0 spiro atoms. The van der Waals surface area contributed by atoms with E-state index in [0.29, 0.717) is 18.1 Å². The minimum absolute atomic E-state index is 0.161. The molecule has 0 amide bonds. The highest BCUT2D eigenvalue weighted by Crippen LogP contribution is 2.16. The summed E-state index contributed by atoms with van der Waals surface area (Å²) < 4.78 is 17.0. The molecular formula is C16H27NO2S. The molecule has 1 aromatic carbocycles. The Labute approximate surface area is 125 Å². The number of hydrogen-bond donors (Lipinski definition) is 1. The van der Waals surface area contributed by atoms with E-state index in [1.807, 2.05) is 0 Å². The van der Waals surface area contributed by atoms with Crippen molar-refractivity contribution in [3.63, 3.8) is 0 Å². The SMILES string of the molecule is CCCc1ccc(C(CS(=O)CCOC)NCC)cc1. The topological polar surface area (TPSA) is 38.3 Å². The normalized spacial score (nSPS) is 14.2. The first-order valence-electron chi connectivity index (χ1n) is 7.37. The molecule has 4 heteroatoms. The second kappa shape index (κ2) is 10.1. The summed E-state index contributed by atoms with van der Waals surface area (Å²) >= 11 is 0. The van der Waals surface area contributed by atoms with E-state index >= 15 is 0 Å². The van der Waals surface area contributed by atoms with Crippen molar-refractivity contribution in [2.24, 2.45) is 0 Å². The monoisotopic (exact) mass is 297 g/mol. The Morgan fingerprint density at radius 3 is 2.50 bits per heavy atom. The van der Waals surface area contributed by atoms with Crippen LogP contribution in [0, 0.1) is 0 Å². The fourth-order valence-electron chi connectivity index (χ4n) is 2.17. The van der Waals surface area contributed by atoms with Crippen LogP contribution in [0.4, 0.5) is 0 Å². The van der Waals surface area contributed by atoms with E-state index in [0.717, 1.165) is 19.4 Å². The van der Waals surface area contributed by atoms with Crippen LogP contribution in [-0.4, -0.2) is 36.0 Å². The maximum atomic E-state index is 12.0. The van der Waals surface area contributed by atoms with Gasteiger partial charge in [0, 0.05) is 35.5 Å². The molecule has 0 heterocycles. The molecule has 3 nitrogen and oxygen atoms in total. The molecule has 1 aromatic rings. The number of rotatable bonds is 10. The van der Waals surface area contributed by atoms with E-state index in [4.69, 9.17) is 4.74 Å². The molecule has 2 atom stereocenters. The average molecular weight is 297 g/mol. The van der Waals surface area contributed by atoms with Gasteiger partial charge in [-0.1, -0.05) is 44.5 Å². The quantitative estimate of drug-likeness (QED) is 0.721. The van der Waals surface area contributed by atoms with Crippen LogP contribution in [0.15, 0.2) is 24.3 Å². The number of aryl methyl sites for hydroxylation is 1. The van der Waals surface area contributed by atoms with Crippen LogP contribution < -0.4 is 5.32 Å². The summed E-state index contributed by atoms with van der Waals surface area (Å²) in [5.74, 6) is 1.25. The highest BCUT2D eigenvalue weighted by atomic mass is 32.2. The van der Waals surface area contributed by atoms with Crippen LogP contribution in [-0.2, 0) is 22.0 Å². The number of hydrogen-bond acceptors (Lipinski definition) is 3. The lowest BCUT2D eigenvalue weighted by molar-refractivity contribution is 0.218. The average Bonchev–Trinajstić information content (AvgIpc) is 2.46. The van der Waals surface area contributed by atoms with Gasteiger partial charge in [-0.25, -0.2) is 0 Å². The van der Waals surface area contributed by atoms with Gasteiger partial charge in [0.1, 0.15) is 0 Å². The Morgan fingerprint density at radius 1 is 1.25 bits per heavy atom. The maximum absolute atomic E-state index is 12.0. The standard InChI is InChI=1S/C16H27NO2S/c1-4-6-14-7-9-15(10-8-14)16(17-5-2)13-20(18)12-11-19-3/h7-10,16-17H,4-6,11-13H2,1-3H3. The third kappa shape index (κ3) is 6.16. The van der Waals surface area contributed by atoms with Gasteiger partial charge in [-0.15, -0.1) is 0 Å². The van der Waals surface area contributed by atoms with Crippen LogP contribution in [0.2, 0.25) is 0 Å². The second-order valence-electron chi connectivity index (χ2n) is 4.91. The van der Waals surface area contributed by atoms with Gasteiger partial charge in [0.15, 0.2) is 0 Å². The summed E-state index contributed by atoms with van der Waals surface area (Å²) in [6, 6.07) is 8.84. The zero-order chi connectivity index (χ0) is 14.8. The summed E-state index contributed by atoms with van der Waals surface area (Å²) in [6.45, 7) is 5.70. The predicted octanol–water partition coefficient (Wildman–Crippen LogP) is 2.68. The molecule has 0 fully saturated rings. The number of benzene rings is 1. The lowest BCUT2D eigenvalue weighted by atomic mass is 10.0. The molecule has 0 saturated heterocycles. The number of methoxy groups -OCH3 is 1. The van der Waals surface area contributed by atoms with Gasteiger partial charge in [0.05, 0.1) is 6.61 Å². The molecule has 0 bridgehead atoms. The third-order valence-corrected chi connectivity index (χ3v) is 4.57. The molecule has 0 aliphatic rings. The number of nitrogens with one attached hydrogen (secondary N) is 1. The van der Waals surface area contributed by atoms with Crippen LogP contribution >= 0.6 is 0 Å². The highest BCUT2D eigenvalue weighted by molar-refractivity contribution is 7.85. The second-order valence-corrected chi connectivity index (χ2v) is 6.53. The zero-order valence-corrected chi connectivity index (χ0v) is 13.7. The lowest BCUT2D eigenvalue weighted by Crippen LogP contribution is -2.27. The number of ether oxygens (including phenoxy) is 1. The molecule has 0 radical (unpaired) electrons. The van der Waals surface area contributed by atoms with Crippen molar-refractivity contribution in [1.29, 1.82) is 0 Å². The van der Waals surface area contributed by atoms with Crippen molar-refractivity contribution in [1.82, 2.24) is 5.32 Å². The van der Waals surface area contributed by atoms with Crippen molar-refractivity contribution in [2.75, 3.05) is 31.8 Å². The fourth-order valence-corrected chi connectivity index (χ4v) is 3.37. The fraction of sp³-hybridized carbons (Fsp3) is 0.625. The molecule has 0 saturated carbocycles. The van der Waals surface area contributed by atoms with Crippen molar-refractivity contribution in [2.45, 2.75) is 32.7 Å². The molecule has 114 valence electrons. The van der Waals surface area contributed by atoms with E-state index in [-0.39, 0.29) is 6.04 Å². The van der Waals surface area contributed by atoms with Crippen LogP contribution in [0.3, 0.4) is 0 Å². The van der Waals surface area contributed by atoms with Gasteiger partial charge in [0.2, 0.25) is 0 Å². The van der Waals surface area contributed by atoms with E-state index in [2.05, 4.69) is 43.4 Å². The molecule has 0 aliphatic carbocycles. The summed E-state index contributed by atoms with van der Waals surface area (Å²) in [6.07, 6.45) is 2.28. The minimum atomic E-state index is -0.848. The first-order chi connectivity index (χ1) is 9.71. The van der Waals surface area contributed by atoms with Gasteiger partial charge < -0.3 is 10.1 Å². The largest absolute Gasteiger partial charge is 0.384 e. The Morgan fingerprint density at radius 2 is 1.95 bits per heavy atom. The van der Waals surface area contributed by atoms with Crippen LogP contribution in [0.5, 0.6) is 0 Å². The zero-order valence-electron chi connectivity index (χ0n) is 12.9. The van der Waals surface area contributed by atoms with Gasteiger partial charge in [-0.2, -0.15) is 0 Å². The minimum Gasteiger partial charge on any atom is -0.384 e. The van der Waals surface area contributed by atoms with Gasteiger partial charge in [-0.05, 0) is 24.1 Å². The van der Waals surface area contributed by atoms with Gasteiger partial charge in [-0.3, -0.25) is 4.21 Å². The highest BCUT2D eigenvalue weighted by Gasteiger charge is 2.14. The Kier molecular flexibility index (Phi) is 8.74. The Bertz CT molecular complexity index is 392. The summed E-state index contributed by atoms with van der Waals surface area (Å²) in [4.78, 5) is 0. The van der Waals surface area contributed by atoms with E-state index in [1.165, 1.54) is 11.1 Å². The van der Waals surface area contributed by atoms with E-state index < -0.39 is 10.8 Å². The first-order valence-corrected chi connectivity index (χ1v) is 8.86. The smallest absolute Gasteiger partial charge is 0.0577 e. The predicted molar refractivity (Wildman–Crippen MR) is 86.6 cm³/mol. The molecule has 0 aromatic heterocycles. The van der Waals surface area contributed by atoms with Gasteiger partial charge in [0.25, 0.3) is 0 Å². The van der Waals surface area contributed by atoms with Crippen LogP contribution in [0.25, 0.3) is 0 Å². The van der Waals surface area contributed by atoms with Gasteiger partial charge >= 0.3 is 0 Å². The van der Waals surface area contributed by atoms with Crippen molar-refractivity contribution < 1.29 is 8.95 Å². The molecule has 0 aliphatic heterocycles. The molecular weight excluding hydrogens is 270 g/mol. The molecule has 2 unspecified atom stereocenters. The van der Waals surface area contributed by atoms with E-state index in [9.17, 15) is 4.21 Å². The molecule has 1 rings (SSSR count).